The lowest BCUT2D eigenvalue weighted by Gasteiger charge is -2.48. The molecule has 0 aliphatic carbocycles. The SMILES string of the molecule is C/C(=C/O)OP(=O)(O)OC(C)COC1OC(CO)C(OC(O)C(O)C(O)C(O)C(C)COC2OC(CO)C(O)C(O)C2OC2OC(COP(=O)(O)OCCN)C(O)C(O)C2OC2OC(CO)C(O)C(O)C2O)C(O)C1N. The Kier molecular flexibility index (Phi) is 26.5. The van der Waals surface area contributed by atoms with Gasteiger partial charge in [0.1, 0.15) is 116 Å². The number of hydrogen-bond donors (Lipinski definition) is 20. The van der Waals surface area contributed by atoms with Gasteiger partial charge in [0.2, 0.25) is 0 Å². The van der Waals surface area contributed by atoms with Crippen molar-refractivity contribution in [2.24, 2.45) is 17.4 Å². The minimum atomic E-state index is -4.89. The molecule has 0 amide bonds. The van der Waals surface area contributed by atoms with Crippen molar-refractivity contribution < 1.29 is 161 Å². The number of hydrogen-bond acceptors (Lipinski definition) is 33. The Morgan fingerprint density at radius 3 is 1.70 bits per heavy atom. The lowest BCUT2D eigenvalue weighted by molar-refractivity contribution is -0.393. The fourth-order valence-electron chi connectivity index (χ4n) is 7.91. The van der Waals surface area contributed by atoms with Gasteiger partial charge in [-0.1, -0.05) is 6.92 Å². The summed E-state index contributed by atoms with van der Waals surface area (Å²) in [5.41, 5.74) is 11.4. The highest BCUT2D eigenvalue weighted by Gasteiger charge is 2.55. The minimum absolute atomic E-state index is 0.215. The fraction of sp³-hybridized carbons (Fsp3) is 0.949. The summed E-state index contributed by atoms with van der Waals surface area (Å²) >= 11 is 0. The van der Waals surface area contributed by atoms with E-state index in [9.17, 15) is 95.5 Å². The van der Waals surface area contributed by atoms with Crippen molar-refractivity contribution in [3.05, 3.63) is 12.0 Å². The molecule has 0 aromatic carbocycles. The monoisotopic (exact) mass is 1160 g/mol. The van der Waals surface area contributed by atoms with Crippen LogP contribution in [0.15, 0.2) is 12.0 Å². The fourth-order valence-corrected chi connectivity index (χ4v) is 9.63. The Balaban J connectivity index is 1.47. The topological polar surface area (TPSA) is 570 Å². The molecule has 4 saturated heterocycles. The summed E-state index contributed by atoms with van der Waals surface area (Å²) in [5, 5.41) is 170. The number of phosphoric acid groups is 2. The maximum Gasteiger partial charge on any atom is 0.527 e. The van der Waals surface area contributed by atoms with Gasteiger partial charge in [0, 0.05) is 12.5 Å². The van der Waals surface area contributed by atoms with Crippen LogP contribution in [0.2, 0.25) is 0 Å². The molecule has 4 aliphatic rings. The second kappa shape index (κ2) is 30.0. The Morgan fingerprint density at radius 1 is 0.605 bits per heavy atom. The average Bonchev–Trinajstić information content (AvgIpc) is 3.38. The second-order valence-electron chi connectivity index (χ2n) is 18.1. The third-order valence-corrected chi connectivity index (χ3v) is 14.3. The lowest BCUT2D eigenvalue weighted by Crippen LogP contribution is -2.67. The van der Waals surface area contributed by atoms with Crippen LogP contribution >= 0.6 is 15.6 Å². The molecule has 0 aromatic rings. The Hall–Kier alpha value is -1.44. The van der Waals surface area contributed by atoms with Crippen molar-refractivity contribution in [3.8, 4) is 0 Å². The molecule has 0 spiro atoms. The summed E-state index contributed by atoms with van der Waals surface area (Å²) < 4.78 is 94.1. The third kappa shape index (κ3) is 17.5. The molecular weight excluding hydrogens is 1090 g/mol. The normalized spacial score (nSPS) is 40.7. The van der Waals surface area contributed by atoms with E-state index in [4.69, 9.17) is 68.3 Å². The molecule has 0 radical (unpaired) electrons. The van der Waals surface area contributed by atoms with E-state index in [1.165, 1.54) is 13.8 Å². The van der Waals surface area contributed by atoms with Crippen molar-refractivity contribution in [3.63, 3.8) is 0 Å². The number of rotatable bonds is 29. The van der Waals surface area contributed by atoms with Gasteiger partial charge in [-0.25, -0.2) is 9.13 Å². The van der Waals surface area contributed by atoms with Crippen LogP contribution in [0.3, 0.4) is 0 Å². The first-order valence-electron chi connectivity index (χ1n) is 23.5. The van der Waals surface area contributed by atoms with E-state index < -0.39 is 221 Å². The molecule has 22 N–H and O–H groups in total. The number of aliphatic hydroxyl groups is 16. The van der Waals surface area contributed by atoms with Crippen molar-refractivity contribution in [1.82, 2.24) is 0 Å². The molecule has 0 aromatic heterocycles. The standard InChI is InChI=1S/C39H74N2O33P2/c1-13(21(46)26(51)30(55)35(57)70-32-18(9-45)68-36(20(41)25(32)50)63-11-15(3)74-76(60,61)73-14(2)6-42)10-62-38-33(28(53)23(48)17(8-44)67-38)72-39-34(71-37-31(56)27(52)22(47)16(7-43)66-37)29(54)24(49)19(69-39)12-65-75(58,59)64-5-4-40/h6,13,15-39,42-57H,4-5,7-12,40-41H2,1-3H3,(H,58,59)(H,60,61)/b14-6-. The Morgan fingerprint density at radius 2 is 1.12 bits per heavy atom. The summed E-state index contributed by atoms with van der Waals surface area (Å²) in [6.45, 7) is -2.14. The van der Waals surface area contributed by atoms with Gasteiger partial charge in [-0.3, -0.25) is 18.5 Å². The van der Waals surface area contributed by atoms with E-state index in [0.717, 1.165) is 6.92 Å². The molecule has 4 heterocycles. The smallest absolute Gasteiger partial charge is 0.512 e. The molecule has 4 rings (SSSR count). The molecule has 35 nitrogen and oxygen atoms in total. The van der Waals surface area contributed by atoms with Gasteiger partial charge in [-0.15, -0.1) is 0 Å². The van der Waals surface area contributed by atoms with E-state index in [-0.39, 0.29) is 12.3 Å². The zero-order chi connectivity index (χ0) is 57.1. The summed E-state index contributed by atoms with van der Waals surface area (Å²) in [6, 6.07) is -1.53. The first kappa shape index (κ1) is 67.1. The van der Waals surface area contributed by atoms with Gasteiger partial charge in [-0.2, -0.15) is 0 Å². The van der Waals surface area contributed by atoms with E-state index >= 15 is 0 Å². The summed E-state index contributed by atoms with van der Waals surface area (Å²) in [5.74, 6) is -1.67. The highest BCUT2D eigenvalue weighted by atomic mass is 31.2. The highest BCUT2D eigenvalue weighted by molar-refractivity contribution is 7.47. The van der Waals surface area contributed by atoms with Crippen molar-refractivity contribution in [1.29, 1.82) is 0 Å². The summed E-state index contributed by atoms with van der Waals surface area (Å²) in [4.78, 5) is 19.9. The largest absolute Gasteiger partial charge is 0.527 e. The molecular formula is C39H74N2O33P2. The zero-order valence-electron chi connectivity index (χ0n) is 41.0. The molecule has 4 fully saturated rings. The molecule has 37 heteroatoms. The van der Waals surface area contributed by atoms with Crippen LogP contribution < -0.4 is 11.5 Å². The summed E-state index contributed by atoms with van der Waals surface area (Å²) in [6.07, 6.45) is -46.6. The van der Waals surface area contributed by atoms with Crippen molar-refractivity contribution in [2.75, 3.05) is 52.8 Å². The predicted molar refractivity (Wildman–Crippen MR) is 240 cm³/mol. The molecule has 76 heavy (non-hydrogen) atoms. The van der Waals surface area contributed by atoms with E-state index in [1.807, 2.05) is 0 Å². The first-order chi connectivity index (χ1) is 35.6. The lowest BCUT2D eigenvalue weighted by atomic mass is 9.95. The van der Waals surface area contributed by atoms with Crippen molar-refractivity contribution >= 4 is 15.6 Å². The maximum absolute atomic E-state index is 12.4. The molecule has 448 valence electrons. The number of aliphatic hydroxyl groups excluding tert-OH is 16. The van der Waals surface area contributed by atoms with Gasteiger partial charge in [0.15, 0.2) is 31.5 Å². The van der Waals surface area contributed by atoms with Crippen LogP contribution in [0.4, 0.5) is 0 Å². The summed E-state index contributed by atoms with van der Waals surface area (Å²) in [7, 11) is -9.63. The number of phosphoric ester groups is 2. The maximum atomic E-state index is 12.4. The van der Waals surface area contributed by atoms with E-state index in [0.29, 0.717) is 6.26 Å². The van der Waals surface area contributed by atoms with Crippen molar-refractivity contribution in [2.45, 2.75) is 174 Å². The quantitative estimate of drug-likeness (QED) is 0.0188. The van der Waals surface area contributed by atoms with E-state index in [2.05, 4.69) is 9.05 Å². The van der Waals surface area contributed by atoms with Gasteiger partial charge in [0.25, 0.3) is 0 Å². The van der Waals surface area contributed by atoms with Gasteiger partial charge >= 0.3 is 15.6 Å². The minimum Gasteiger partial charge on any atom is -0.512 e. The van der Waals surface area contributed by atoms with Gasteiger partial charge in [-0.05, 0) is 13.8 Å². The molecule has 28 atom stereocenters. The molecule has 4 aliphatic heterocycles. The van der Waals surface area contributed by atoms with Crippen LogP contribution in [0.5, 0.6) is 0 Å². The van der Waals surface area contributed by atoms with Crippen LogP contribution in [0, 0.1) is 5.92 Å². The average molecular weight is 1160 g/mol. The molecule has 28 unspecified atom stereocenters. The Bertz CT molecular complexity index is 1850. The molecule has 0 bridgehead atoms. The van der Waals surface area contributed by atoms with Crippen LogP contribution in [-0.4, -0.2) is 298 Å². The number of allylic oxidation sites excluding steroid dienone is 1. The van der Waals surface area contributed by atoms with Crippen LogP contribution in [0.1, 0.15) is 20.8 Å². The number of nitrogens with two attached hydrogens (primary N) is 2. The van der Waals surface area contributed by atoms with Crippen LogP contribution in [-0.2, 0) is 69.9 Å². The van der Waals surface area contributed by atoms with E-state index in [1.54, 1.807) is 0 Å². The molecule has 0 saturated carbocycles. The number of ether oxygens (including phenoxy) is 9. The third-order valence-electron chi connectivity index (χ3n) is 12.2. The van der Waals surface area contributed by atoms with Crippen LogP contribution in [0.25, 0.3) is 0 Å². The Labute approximate surface area is 432 Å². The first-order valence-corrected chi connectivity index (χ1v) is 26.5. The second-order valence-corrected chi connectivity index (χ2v) is 20.9. The van der Waals surface area contributed by atoms with Gasteiger partial charge in [0.05, 0.1) is 64.5 Å². The van der Waals surface area contributed by atoms with Gasteiger partial charge < -0.3 is 145 Å². The highest BCUT2D eigenvalue weighted by Crippen LogP contribution is 2.47. The zero-order valence-corrected chi connectivity index (χ0v) is 42.8. The predicted octanol–water partition coefficient (Wildman–Crippen LogP) is -9.66.